The number of hydrogen-bond donors (Lipinski definition) is 1. The summed E-state index contributed by atoms with van der Waals surface area (Å²) in [6, 6.07) is 18.4. The quantitative estimate of drug-likeness (QED) is 0.347. The number of fused-ring (bicyclic) bond motifs is 1. The summed E-state index contributed by atoms with van der Waals surface area (Å²) in [5.41, 5.74) is 2.41. The van der Waals surface area contributed by atoms with Crippen LogP contribution >= 0.6 is 11.3 Å². The van der Waals surface area contributed by atoms with Crippen molar-refractivity contribution < 1.29 is 14.3 Å². The van der Waals surface area contributed by atoms with Crippen LogP contribution in [-0.4, -0.2) is 44.9 Å². The fourth-order valence-corrected chi connectivity index (χ4v) is 5.74. The number of ether oxygens (including phenoxy) is 1. The van der Waals surface area contributed by atoms with Crippen molar-refractivity contribution in [2.75, 3.05) is 7.11 Å². The number of methoxy groups -OCH3 is 1. The Labute approximate surface area is 220 Å². The summed E-state index contributed by atoms with van der Waals surface area (Å²) < 4.78 is 6.90. The van der Waals surface area contributed by atoms with E-state index in [0.717, 1.165) is 52.9 Å². The normalized spacial score (nSPS) is 14.8. The molecule has 9 heteroatoms. The molecule has 1 atom stereocenters. The Morgan fingerprint density at radius 2 is 1.86 bits per heavy atom. The van der Waals surface area contributed by atoms with Gasteiger partial charge in [0.25, 0.3) is 0 Å². The molecule has 0 radical (unpaired) electrons. The van der Waals surface area contributed by atoms with Gasteiger partial charge in [0.2, 0.25) is 11.8 Å². The maximum atomic E-state index is 14.0. The van der Waals surface area contributed by atoms with Gasteiger partial charge in [0.05, 0.1) is 12.6 Å². The number of benzene rings is 2. The zero-order chi connectivity index (χ0) is 25.6. The molecule has 4 aromatic rings. The molecule has 1 unspecified atom stereocenters. The fraction of sp³-hybridized carbons (Fsp3) is 0.357. The molecule has 2 amide bonds. The average molecular weight is 518 g/mol. The molecule has 5 rings (SSSR count). The Morgan fingerprint density at radius 3 is 2.59 bits per heavy atom. The molecule has 192 valence electrons. The van der Waals surface area contributed by atoms with E-state index in [0.29, 0.717) is 0 Å². The number of thiophene rings is 1. The predicted octanol–water partition coefficient (Wildman–Crippen LogP) is 4.72. The van der Waals surface area contributed by atoms with Crippen LogP contribution in [-0.2, 0) is 22.7 Å². The first-order valence-corrected chi connectivity index (χ1v) is 13.5. The molecule has 1 saturated carbocycles. The van der Waals surface area contributed by atoms with Gasteiger partial charge in [-0.3, -0.25) is 9.59 Å². The standard InChI is InChI=1S/C28H31N5O3S/c1-36-22-15-13-20(14-16-22)18-32(26(34)19-33-24-11-6-5-10-23(24)30-31-33)27(25-12-7-17-37-25)28(35)29-21-8-3-2-4-9-21/h5-7,10-17,21,27H,2-4,8-9,18-19H2,1H3,(H,29,35). The number of aromatic nitrogens is 3. The molecule has 37 heavy (non-hydrogen) atoms. The number of amides is 2. The van der Waals surface area contributed by atoms with Gasteiger partial charge in [0.1, 0.15) is 23.9 Å². The zero-order valence-corrected chi connectivity index (χ0v) is 21.7. The van der Waals surface area contributed by atoms with Gasteiger partial charge in [0, 0.05) is 17.5 Å². The van der Waals surface area contributed by atoms with Gasteiger partial charge in [-0.05, 0) is 54.1 Å². The second-order valence-corrected chi connectivity index (χ2v) is 10.3. The molecule has 0 saturated heterocycles. The van der Waals surface area contributed by atoms with E-state index < -0.39 is 6.04 Å². The summed E-state index contributed by atoms with van der Waals surface area (Å²) in [4.78, 5) is 30.3. The molecule has 0 bridgehead atoms. The van der Waals surface area contributed by atoms with Crippen LogP contribution in [0.25, 0.3) is 11.0 Å². The summed E-state index contributed by atoms with van der Waals surface area (Å²) in [6.07, 6.45) is 5.38. The highest BCUT2D eigenvalue weighted by atomic mass is 32.1. The molecule has 1 aliphatic rings. The third kappa shape index (κ3) is 5.83. The molecule has 1 fully saturated rings. The number of carbonyl (C=O) groups is 2. The van der Waals surface area contributed by atoms with Crippen LogP contribution in [0.1, 0.15) is 48.6 Å². The molecule has 1 aliphatic carbocycles. The lowest BCUT2D eigenvalue weighted by atomic mass is 9.95. The minimum atomic E-state index is -0.744. The van der Waals surface area contributed by atoms with Gasteiger partial charge >= 0.3 is 0 Å². The second-order valence-electron chi connectivity index (χ2n) is 9.37. The van der Waals surface area contributed by atoms with Crippen LogP contribution < -0.4 is 10.1 Å². The molecule has 2 heterocycles. The van der Waals surface area contributed by atoms with Gasteiger partial charge in [-0.25, -0.2) is 4.68 Å². The lowest BCUT2D eigenvalue weighted by Crippen LogP contribution is -2.47. The summed E-state index contributed by atoms with van der Waals surface area (Å²) in [5.74, 6) is 0.392. The van der Waals surface area contributed by atoms with Crippen molar-refractivity contribution >= 4 is 34.2 Å². The van der Waals surface area contributed by atoms with Gasteiger partial charge in [-0.15, -0.1) is 16.4 Å². The lowest BCUT2D eigenvalue weighted by Gasteiger charge is -2.33. The summed E-state index contributed by atoms with van der Waals surface area (Å²) in [5, 5.41) is 13.6. The van der Waals surface area contributed by atoms with Crippen LogP contribution in [0.3, 0.4) is 0 Å². The highest BCUT2D eigenvalue weighted by Gasteiger charge is 2.34. The van der Waals surface area contributed by atoms with E-state index in [9.17, 15) is 9.59 Å². The molecular formula is C28H31N5O3S. The third-order valence-electron chi connectivity index (χ3n) is 6.86. The van der Waals surface area contributed by atoms with Crippen LogP contribution in [0, 0.1) is 0 Å². The largest absolute Gasteiger partial charge is 0.497 e. The van der Waals surface area contributed by atoms with E-state index in [1.807, 2.05) is 66.0 Å². The minimum absolute atomic E-state index is 0.0186. The number of nitrogens with one attached hydrogen (secondary N) is 1. The number of carbonyl (C=O) groups excluding carboxylic acids is 2. The zero-order valence-electron chi connectivity index (χ0n) is 20.9. The molecule has 0 aliphatic heterocycles. The highest BCUT2D eigenvalue weighted by molar-refractivity contribution is 7.10. The minimum Gasteiger partial charge on any atom is -0.497 e. The molecule has 2 aromatic heterocycles. The van der Waals surface area contributed by atoms with Crippen molar-refractivity contribution in [2.24, 2.45) is 0 Å². The topological polar surface area (TPSA) is 89.3 Å². The summed E-state index contributed by atoms with van der Waals surface area (Å²) in [6.45, 7) is 0.255. The molecule has 0 spiro atoms. The van der Waals surface area contributed by atoms with Crippen molar-refractivity contribution in [1.29, 1.82) is 0 Å². The molecule has 8 nitrogen and oxygen atoms in total. The van der Waals surface area contributed by atoms with Gasteiger partial charge in [-0.1, -0.05) is 54.8 Å². The number of rotatable bonds is 9. The SMILES string of the molecule is COc1ccc(CN(C(=O)Cn2nnc3ccccc32)C(C(=O)NC2CCCCC2)c2cccs2)cc1. The van der Waals surface area contributed by atoms with E-state index in [1.165, 1.54) is 17.8 Å². The first-order valence-electron chi connectivity index (χ1n) is 12.7. The maximum Gasteiger partial charge on any atom is 0.248 e. The first kappa shape index (κ1) is 25.0. The lowest BCUT2D eigenvalue weighted by molar-refractivity contribution is -0.142. The Hall–Kier alpha value is -3.72. The number of para-hydroxylation sites is 1. The number of hydrogen-bond acceptors (Lipinski definition) is 6. The van der Waals surface area contributed by atoms with Crippen LogP contribution in [0.4, 0.5) is 0 Å². The average Bonchev–Trinajstić information content (AvgIpc) is 3.60. The van der Waals surface area contributed by atoms with Crippen LogP contribution in [0.5, 0.6) is 5.75 Å². The van der Waals surface area contributed by atoms with Gasteiger partial charge < -0.3 is 15.0 Å². The predicted molar refractivity (Wildman–Crippen MR) is 143 cm³/mol. The Morgan fingerprint density at radius 1 is 1.08 bits per heavy atom. The molecule has 2 aromatic carbocycles. The second kappa shape index (κ2) is 11.6. The highest BCUT2D eigenvalue weighted by Crippen LogP contribution is 2.29. The van der Waals surface area contributed by atoms with E-state index >= 15 is 0 Å². The monoisotopic (exact) mass is 517 g/mol. The van der Waals surface area contributed by atoms with E-state index in [-0.39, 0.29) is 30.9 Å². The summed E-state index contributed by atoms with van der Waals surface area (Å²) >= 11 is 1.48. The van der Waals surface area contributed by atoms with Crippen molar-refractivity contribution in [1.82, 2.24) is 25.2 Å². The first-order chi connectivity index (χ1) is 18.1. The van der Waals surface area contributed by atoms with Crippen LogP contribution in [0.15, 0.2) is 66.0 Å². The summed E-state index contributed by atoms with van der Waals surface area (Å²) in [7, 11) is 1.62. The van der Waals surface area contributed by atoms with Crippen molar-refractivity contribution in [3.63, 3.8) is 0 Å². The maximum absolute atomic E-state index is 14.0. The van der Waals surface area contributed by atoms with Crippen molar-refractivity contribution in [3.8, 4) is 5.75 Å². The van der Waals surface area contributed by atoms with Gasteiger partial charge in [0.15, 0.2) is 0 Å². The Balaban J connectivity index is 1.47. The third-order valence-corrected chi connectivity index (χ3v) is 7.79. The van der Waals surface area contributed by atoms with Crippen molar-refractivity contribution in [3.05, 3.63) is 76.5 Å². The van der Waals surface area contributed by atoms with E-state index in [1.54, 1.807) is 16.7 Å². The Bertz CT molecular complexity index is 1330. The molecule has 1 N–H and O–H groups in total. The van der Waals surface area contributed by atoms with E-state index in [2.05, 4.69) is 15.6 Å². The van der Waals surface area contributed by atoms with Crippen LogP contribution in [0.2, 0.25) is 0 Å². The fourth-order valence-electron chi connectivity index (χ4n) is 4.90. The Kier molecular flexibility index (Phi) is 7.79. The van der Waals surface area contributed by atoms with Crippen molar-refractivity contribution in [2.45, 2.75) is 57.3 Å². The van der Waals surface area contributed by atoms with Gasteiger partial charge in [-0.2, -0.15) is 0 Å². The van der Waals surface area contributed by atoms with E-state index in [4.69, 9.17) is 4.74 Å². The number of nitrogens with zero attached hydrogens (tertiary/aromatic N) is 4. The molecular weight excluding hydrogens is 486 g/mol. The smallest absolute Gasteiger partial charge is 0.248 e.